The molecule has 1 fully saturated rings. The number of hydrogen-bond acceptors (Lipinski definition) is 3. The summed E-state index contributed by atoms with van der Waals surface area (Å²) in [4.78, 5) is 12.6. The number of hydrogen-bond donors (Lipinski definition) is 0. The molecule has 1 saturated carbocycles. The van der Waals surface area contributed by atoms with Gasteiger partial charge in [0.15, 0.2) is 0 Å². The van der Waals surface area contributed by atoms with Crippen LogP contribution in [0.1, 0.15) is 36.7 Å². The molecule has 8 heteroatoms. The second-order valence-corrected chi connectivity index (χ2v) is 8.00. The number of alkyl halides is 3. The van der Waals surface area contributed by atoms with Crippen LogP contribution in [0.4, 0.5) is 13.2 Å². The molecule has 152 valence electrons. The molecule has 0 saturated heterocycles. The van der Waals surface area contributed by atoms with Gasteiger partial charge in [0.2, 0.25) is 0 Å². The van der Waals surface area contributed by atoms with E-state index in [1.807, 2.05) is 23.7 Å². The predicted molar refractivity (Wildman–Crippen MR) is 102 cm³/mol. The largest absolute Gasteiger partial charge is 0.417 e. The Morgan fingerprint density at radius 3 is 2.45 bits per heavy atom. The van der Waals surface area contributed by atoms with E-state index in [-0.39, 0.29) is 11.0 Å². The lowest BCUT2D eigenvalue weighted by Gasteiger charge is -2.46. The van der Waals surface area contributed by atoms with Crippen molar-refractivity contribution in [2.45, 2.75) is 31.4 Å². The first kappa shape index (κ1) is 19.4. The molecular formula is C21H21F3N4O. The van der Waals surface area contributed by atoms with Crippen LogP contribution in [0.3, 0.4) is 0 Å². The highest BCUT2D eigenvalue weighted by atomic mass is 19.4. The monoisotopic (exact) mass is 402 g/mol. The Hall–Kier alpha value is -2.90. The van der Waals surface area contributed by atoms with Crippen LogP contribution in [0.25, 0.3) is 11.1 Å². The van der Waals surface area contributed by atoms with Crippen molar-refractivity contribution in [3.8, 4) is 11.1 Å². The topological polar surface area (TPSA) is 52.7 Å². The first-order valence-electron chi connectivity index (χ1n) is 9.35. The molecule has 0 amide bonds. The molecule has 0 spiro atoms. The summed E-state index contributed by atoms with van der Waals surface area (Å²) in [5, 5.41) is 8.30. The van der Waals surface area contributed by atoms with Crippen molar-refractivity contribution >= 4 is 0 Å². The first-order chi connectivity index (χ1) is 13.6. The van der Waals surface area contributed by atoms with E-state index in [1.165, 1.54) is 7.05 Å². The number of pyridine rings is 1. The predicted octanol–water partition coefficient (Wildman–Crippen LogP) is 3.92. The lowest BCUT2D eigenvalue weighted by Crippen LogP contribution is -2.43. The molecule has 0 N–H and O–H groups in total. The van der Waals surface area contributed by atoms with Gasteiger partial charge < -0.3 is 9.13 Å². The van der Waals surface area contributed by atoms with Gasteiger partial charge in [-0.2, -0.15) is 13.2 Å². The molecule has 0 unspecified atom stereocenters. The van der Waals surface area contributed by atoms with E-state index in [9.17, 15) is 18.0 Å². The second-order valence-electron chi connectivity index (χ2n) is 8.00. The fourth-order valence-electron chi connectivity index (χ4n) is 4.45. The number of aryl methyl sites for hydroxylation is 2. The standard InChI is InChI=1S/C21H21F3N4O/c1-13-9-20(10-13,19-26-25-12-28(19)3)15-6-4-5-14(7-15)17-8-16(21(22,23)24)11-27(2)18(17)29/h4-8,11-13H,9-10H2,1-3H3. The lowest BCUT2D eigenvalue weighted by molar-refractivity contribution is -0.138. The summed E-state index contributed by atoms with van der Waals surface area (Å²) in [5.74, 6) is 1.32. The van der Waals surface area contributed by atoms with E-state index in [2.05, 4.69) is 17.1 Å². The molecule has 5 nitrogen and oxygen atoms in total. The van der Waals surface area contributed by atoms with Gasteiger partial charge in [0.1, 0.15) is 12.2 Å². The highest BCUT2D eigenvalue weighted by Crippen LogP contribution is 2.51. The van der Waals surface area contributed by atoms with Gasteiger partial charge in [-0.3, -0.25) is 4.79 Å². The zero-order valence-corrected chi connectivity index (χ0v) is 16.4. The highest BCUT2D eigenvalue weighted by molar-refractivity contribution is 5.65. The first-order valence-corrected chi connectivity index (χ1v) is 9.35. The number of nitrogens with zero attached hydrogens (tertiary/aromatic N) is 4. The summed E-state index contributed by atoms with van der Waals surface area (Å²) in [5.41, 5.74) is -0.234. The van der Waals surface area contributed by atoms with Gasteiger partial charge in [-0.15, -0.1) is 10.2 Å². The molecule has 1 aliphatic carbocycles. The van der Waals surface area contributed by atoms with E-state index in [0.717, 1.165) is 41.1 Å². The quantitative estimate of drug-likeness (QED) is 0.667. The van der Waals surface area contributed by atoms with Crippen LogP contribution >= 0.6 is 0 Å². The molecule has 2 aromatic heterocycles. The summed E-state index contributed by atoms with van der Waals surface area (Å²) < 4.78 is 42.7. The summed E-state index contributed by atoms with van der Waals surface area (Å²) in [6, 6.07) is 8.15. The summed E-state index contributed by atoms with van der Waals surface area (Å²) in [7, 11) is 3.21. The van der Waals surface area contributed by atoms with Crippen molar-refractivity contribution in [2.75, 3.05) is 0 Å². The molecule has 3 aromatic rings. The molecule has 0 aliphatic heterocycles. The van der Waals surface area contributed by atoms with Crippen LogP contribution in [0.15, 0.2) is 47.7 Å². The average Bonchev–Trinajstić information content (AvgIpc) is 3.06. The van der Waals surface area contributed by atoms with Crippen molar-refractivity contribution in [2.24, 2.45) is 20.0 Å². The Balaban J connectivity index is 1.86. The molecule has 1 aromatic carbocycles. The minimum absolute atomic E-state index is 0.0321. The number of halogens is 3. The van der Waals surface area contributed by atoms with Crippen LogP contribution in [-0.2, 0) is 25.7 Å². The number of benzene rings is 1. The Morgan fingerprint density at radius 1 is 1.14 bits per heavy atom. The van der Waals surface area contributed by atoms with E-state index in [1.54, 1.807) is 18.5 Å². The average molecular weight is 402 g/mol. The van der Waals surface area contributed by atoms with E-state index in [4.69, 9.17) is 0 Å². The maximum absolute atomic E-state index is 13.3. The van der Waals surface area contributed by atoms with Crippen LogP contribution in [0.2, 0.25) is 0 Å². The van der Waals surface area contributed by atoms with Crippen molar-refractivity contribution in [3.05, 3.63) is 70.2 Å². The zero-order valence-electron chi connectivity index (χ0n) is 16.4. The molecule has 4 rings (SSSR count). The van der Waals surface area contributed by atoms with Gasteiger partial charge in [-0.1, -0.05) is 25.1 Å². The fourth-order valence-corrected chi connectivity index (χ4v) is 4.45. The summed E-state index contributed by atoms with van der Waals surface area (Å²) in [6.07, 6.45) is -0.328. The van der Waals surface area contributed by atoms with Crippen molar-refractivity contribution in [3.63, 3.8) is 0 Å². The molecule has 0 atom stereocenters. The highest BCUT2D eigenvalue weighted by Gasteiger charge is 2.48. The third-order valence-corrected chi connectivity index (χ3v) is 5.77. The van der Waals surface area contributed by atoms with E-state index < -0.39 is 17.3 Å². The maximum Gasteiger partial charge on any atom is 0.417 e. The van der Waals surface area contributed by atoms with Crippen molar-refractivity contribution < 1.29 is 13.2 Å². The summed E-state index contributed by atoms with van der Waals surface area (Å²) in [6.45, 7) is 2.15. The Kier molecular flexibility index (Phi) is 4.40. The van der Waals surface area contributed by atoms with E-state index in [0.29, 0.717) is 11.5 Å². The smallest absolute Gasteiger partial charge is 0.320 e. The molecule has 0 radical (unpaired) electrons. The normalized spacial score (nSPS) is 21.8. The Morgan fingerprint density at radius 2 is 1.86 bits per heavy atom. The molecule has 2 heterocycles. The van der Waals surface area contributed by atoms with Gasteiger partial charge in [0.05, 0.1) is 11.0 Å². The van der Waals surface area contributed by atoms with Gasteiger partial charge >= 0.3 is 6.18 Å². The minimum Gasteiger partial charge on any atom is -0.320 e. The minimum atomic E-state index is -4.53. The Labute approximate surface area is 165 Å². The number of rotatable bonds is 3. The molecule has 0 bridgehead atoms. The van der Waals surface area contributed by atoms with Crippen LogP contribution in [-0.4, -0.2) is 19.3 Å². The van der Waals surface area contributed by atoms with Gasteiger partial charge in [-0.25, -0.2) is 0 Å². The fraction of sp³-hybridized carbons (Fsp3) is 0.381. The van der Waals surface area contributed by atoms with Gasteiger partial charge in [0.25, 0.3) is 5.56 Å². The van der Waals surface area contributed by atoms with Gasteiger partial charge in [0, 0.05) is 25.9 Å². The van der Waals surface area contributed by atoms with Gasteiger partial charge in [-0.05, 0) is 42.0 Å². The molecule has 29 heavy (non-hydrogen) atoms. The van der Waals surface area contributed by atoms with Crippen LogP contribution in [0, 0.1) is 5.92 Å². The zero-order chi connectivity index (χ0) is 21.0. The third-order valence-electron chi connectivity index (χ3n) is 5.77. The Bertz CT molecular complexity index is 1120. The summed E-state index contributed by atoms with van der Waals surface area (Å²) >= 11 is 0. The third kappa shape index (κ3) is 3.16. The molecular weight excluding hydrogens is 381 g/mol. The van der Waals surface area contributed by atoms with Crippen molar-refractivity contribution in [1.82, 2.24) is 19.3 Å². The van der Waals surface area contributed by atoms with Crippen LogP contribution < -0.4 is 5.56 Å². The molecule has 1 aliphatic rings. The maximum atomic E-state index is 13.3. The second kappa shape index (κ2) is 6.57. The number of aromatic nitrogens is 4. The van der Waals surface area contributed by atoms with Crippen LogP contribution in [0.5, 0.6) is 0 Å². The van der Waals surface area contributed by atoms with E-state index >= 15 is 0 Å². The van der Waals surface area contributed by atoms with Crippen molar-refractivity contribution in [1.29, 1.82) is 0 Å². The lowest BCUT2D eigenvalue weighted by atomic mass is 9.58. The SMILES string of the molecule is CC1CC(c2cccc(-c3cc(C(F)(F)F)cn(C)c3=O)c2)(c2nncn2C)C1.